The Hall–Kier alpha value is -3.02. The molecule has 6 heteroatoms. The van der Waals surface area contributed by atoms with Crippen LogP contribution >= 0.6 is 0 Å². The normalized spacial score (nSPS) is 14.0. The summed E-state index contributed by atoms with van der Waals surface area (Å²) in [6, 6.07) is 13.0. The fraction of sp³-hybridized carbons (Fsp3) is 0.211. The molecule has 5 nitrogen and oxygen atoms in total. The van der Waals surface area contributed by atoms with Gasteiger partial charge in [-0.3, -0.25) is 19.3 Å². The molecule has 2 aromatic carbocycles. The number of imide groups is 1. The zero-order valence-corrected chi connectivity index (χ0v) is 13.5. The van der Waals surface area contributed by atoms with Crippen molar-refractivity contribution in [3.63, 3.8) is 0 Å². The van der Waals surface area contributed by atoms with E-state index < -0.39 is 5.82 Å². The lowest BCUT2D eigenvalue weighted by molar-refractivity contribution is -0.139. The van der Waals surface area contributed by atoms with Gasteiger partial charge in [-0.05, 0) is 29.3 Å². The van der Waals surface area contributed by atoms with Gasteiger partial charge in [-0.25, -0.2) is 4.39 Å². The van der Waals surface area contributed by atoms with Crippen LogP contribution in [0.4, 0.5) is 10.1 Å². The molecular formula is C19H17FN2O3. The first kappa shape index (κ1) is 16.8. The van der Waals surface area contributed by atoms with Gasteiger partial charge >= 0.3 is 0 Å². The maximum absolute atomic E-state index is 13.6. The Morgan fingerprint density at radius 2 is 1.64 bits per heavy atom. The van der Waals surface area contributed by atoms with Crippen molar-refractivity contribution in [1.82, 2.24) is 4.90 Å². The zero-order valence-electron chi connectivity index (χ0n) is 13.5. The minimum atomic E-state index is -0.409. The number of hydrogen-bond donors (Lipinski definition) is 1. The molecule has 1 fully saturated rings. The summed E-state index contributed by atoms with van der Waals surface area (Å²) in [5, 5.41) is 2.70. The number of nitrogens with zero attached hydrogens (tertiary/aromatic N) is 1. The molecule has 0 radical (unpaired) electrons. The Labute approximate surface area is 144 Å². The highest BCUT2D eigenvalue weighted by Gasteiger charge is 2.28. The molecule has 1 aliphatic rings. The van der Waals surface area contributed by atoms with E-state index in [1.54, 1.807) is 42.5 Å². The number of nitrogens with one attached hydrogen (secondary N) is 1. The van der Waals surface area contributed by atoms with Crippen LogP contribution < -0.4 is 5.32 Å². The van der Waals surface area contributed by atoms with Crippen molar-refractivity contribution in [3.8, 4) is 0 Å². The predicted octanol–water partition coefficient (Wildman–Crippen LogP) is 2.66. The van der Waals surface area contributed by atoms with Gasteiger partial charge in [0, 0.05) is 18.5 Å². The van der Waals surface area contributed by atoms with Crippen LogP contribution in [0.25, 0.3) is 0 Å². The highest BCUT2D eigenvalue weighted by Crippen LogP contribution is 2.17. The average molecular weight is 340 g/mol. The Kier molecular flexibility index (Phi) is 4.88. The van der Waals surface area contributed by atoms with E-state index in [1.165, 1.54) is 11.0 Å². The fourth-order valence-electron chi connectivity index (χ4n) is 2.70. The SMILES string of the molecule is O=C(Cc1ccccc1F)Nc1ccc(CN2C(=O)CCC2=O)cc1. The molecule has 1 heterocycles. The molecule has 25 heavy (non-hydrogen) atoms. The second kappa shape index (κ2) is 7.25. The minimum Gasteiger partial charge on any atom is -0.326 e. The van der Waals surface area contributed by atoms with Crippen LogP contribution in [-0.4, -0.2) is 22.6 Å². The second-order valence-electron chi connectivity index (χ2n) is 5.89. The third kappa shape index (κ3) is 4.09. The zero-order chi connectivity index (χ0) is 17.8. The van der Waals surface area contributed by atoms with E-state index >= 15 is 0 Å². The summed E-state index contributed by atoms with van der Waals surface area (Å²) >= 11 is 0. The fourth-order valence-corrected chi connectivity index (χ4v) is 2.70. The van der Waals surface area contributed by atoms with Crippen LogP contribution in [0.1, 0.15) is 24.0 Å². The molecule has 0 bridgehead atoms. The first-order valence-corrected chi connectivity index (χ1v) is 7.98. The summed E-state index contributed by atoms with van der Waals surface area (Å²) < 4.78 is 13.6. The number of rotatable bonds is 5. The standard InChI is InChI=1S/C19H17FN2O3/c20-16-4-2-1-3-14(16)11-17(23)21-15-7-5-13(6-8-15)12-22-18(24)9-10-19(22)25/h1-8H,9-12H2,(H,21,23). The quantitative estimate of drug-likeness (QED) is 0.851. The summed E-state index contributed by atoms with van der Waals surface area (Å²) in [7, 11) is 0. The van der Waals surface area contributed by atoms with Crippen molar-refractivity contribution in [2.45, 2.75) is 25.8 Å². The van der Waals surface area contributed by atoms with Crippen molar-refractivity contribution in [1.29, 1.82) is 0 Å². The molecule has 0 aromatic heterocycles. The number of carbonyl (C=O) groups excluding carboxylic acids is 3. The summed E-state index contributed by atoms with van der Waals surface area (Å²) in [6.45, 7) is 0.237. The largest absolute Gasteiger partial charge is 0.326 e. The third-order valence-electron chi connectivity index (χ3n) is 4.04. The van der Waals surface area contributed by atoms with Gasteiger partial charge in [0.05, 0.1) is 13.0 Å². The summed E-state index contributed by atoms with van der Waals surface area (Å²) in [6.07, 6.45) is 0.483. The van der Waals surface area contributed by atoms with Gasteiger partial charge in [-0.1, -0.05) is 30.3 Å². The highest BCUT2D eigenvalue weighted by atomic mass is 19.1. The van der Waals surface area contributed by atoms with Gasteiger partial charge in [0.2, 0.25) is 17.7 Å². The van der Waals surface area contributed by atoms with Crippen molar-refractivity contribution in [2.75, 3.05) is 5.32 Å². The van der Waals surface area contributed by atoms with Crippen molar-refractivity contribution < 1.29 is 18.8 Å². The molecule has 2 aromatic rings. The molecule has 0 spiro atoms. The monoisotopic (exact) mass is 340 g/mol. The van der Waals surface area contributed by atoms with E-state index in [9.17, 15) is 18.8 Å². The third-order valence-corrected chi connectivity index (χ3v) is 4.04. The molecule has 3 amide bonds. The lowest BCUT2D eigenvalue weighted by Crippen LogP contribution is -2.28. The van der Waals surface area contributed by atoms with E-state index in [0.29, 0.717) is 11.3 Å². The number of carbonyl (C=O) groups is 3. The molecule has 0 aliphatic carbocycles. The van der Waals surface area contributed by atoms with Crippen molar-refractivity contribution in [3.05, 3.63) is 65.5 Å². The second-order valence-corrected chi connectivity index (χ2v) is 5.89. The predicted molar refractivity (Wildman–Crippen MR) is 90.0 cm³/mol. The lowest BCUT2D eigenvalue weighted by Gasteiger charge is -2.14. The maximum Gasteiger partial charge on any atom is 0.229 e. The van der Waals surface area contributed by atoms with Crippen molar-refractivity contribution >= 4 is 23.4 Å². The Balaban J connectivity index is 1.59. The number of anilines is 1. The average Bonchev–Trinajstić information content (AvgIpc) is 2.90. The highest BCUT2D eigenvalue weighted by molar-refractivity contribution is 6.01. The smallest absolute Gasteiger partial charge is 0.229 e. The molecule has 0 atom stereocenters. The number of amides is 3. The first-order chi connectivity index (χ1) is 12.0. The number of hydrogen-bond acceptors (Lipinski definition) is 3. The lowest BCUT2D eigenvalue weighted by atomic mass is 10.1. The van der Waals surface area contributed by atoms with Crippen LogP contribution in [0, 0.1) is 5.82 Å². The molecule has 128 valence electrons. The number of likely N-dealkylation sites (tertiary alicyclic amines) is 1. The Morgan fingerprint density at radius 3 is 2.28 bits per heavy atom. The molecule has 1 saturated heterocycles. The van der Waals surface area contributed by atoms with E-state index in [2.05, 4.69) is 5.32 Å². The Bertz CT molecular complexity index is 802. The maximum atomic E-state index is 13.6. The molecular weight excluding hydrogens is 323 g/mol. The van der Waals surface area contributed by atoms with E-state index in [-0.39, 0.29) is 43.5 Å². The van der Waals surface area contributed by atoms with Gasteiger partial charge in [0.25, 0.3) is 0 Å². The van der Waals surface area contributed by atoms with Crippen molar-refractivity contribution in [2.24, 2.45) is 0 Å². The molecule has 0 saturated carbocycles. The van der Waals surface area contributed by atoms with Crippen LogP contribution in [0.15, 0.2) is 48.5 Å². The molecule has 1 aliphatic heterocycles. The van der Waals surface area contributed by atoms with Gasteiger partial charge in [-0.15, -0.1) is 0 Å². The first-order valence-electron chi connectivity index (χ1n) is 7.98. The van der Waals surface area contributed by atoms with Gasteiger partial charge in [0.15, 0.2) is 0 Å². The van der Waals surface area contributed by atoms with Crippen LogP contribution in [0.2, 0.25) is 0 Å². The van der Waals surface area contributed by atoms with Crippen LogP contribution in [-0.2, 0) is 27.3 Å². The molecule has 3 rings (SSSR count). The number of benzene rings is 2. The summed E-state index contributed by atoms with van der Waals surface area (Å²) in [5.41, 5.74) is 1.71. The number of halogens is 1. The van der Waals surface area contributed by atoms with E-state index in [1.807, 2.05) is 0 Å². The summed E-state index contributed by atoms with van der Waals surface area (Å²) in [4.78, 5) is 36.5. The topological polar surface area (TPSA) is 66.5 Å². The van der Waals surface area contributed by atoms with Crippen LogP contribution in [0.5, 0.6) is 0 Å². The van der Waals surface area contributed by atoms with Gasteiger partial charge in [-0.2, -0.15) is 0 Å². The van der Waals surface area contributed by atoms with E-state index in [0.717, 1.165) is 5.56 Å². The summed E-state index contributed by atoms with van der Waals surface area (Å²) in [5.74, 6) is -1.05. The van der Waals surface area contributed by atoms with E-state index in [4.69, 9.17) is 0 Å². The minimum absolute atomic E-state index is 0.0504. The van der Waals surface area contributed by atoms with Crippen LogP contribution in [0.3, 0.4) is 0 Å². The van der Waals surface area contributed by atoms with Gasteiger partial charge in [0.1, 0.15) is 5.82 Å². The molecule has 0 unspecified atom stereocenters. The molecule has 1 N–H and O–H groups in total. The Morgan fingerprint density at radius 1 is 1.00 bits per heavy atom. The van der Waals surface area contributed by atoms with Gasteiger partial charge < -0.3 is 5.32 Å².